The summed E-state index contributed by atoms with van der Waals surface area (Å²) in [6.07, 6.45) is 0.535. The second-order valence-electron chi connectivity index (χ2n) is 7.78. The summed E-state index contributed by atoms with van der Waals surface area (Å²) in [6.45, 7) is 5.88. The third kappa shape index (κ3) is 5.28. The Labute approximate surface area is 174 Å². The SMILES string of the molecule is CC(C)(C)c1ccc2c(c1)O[C@@H](C(=O)N/N=C\c1ccccc1OCC(=O)O)CO2. The molecule has 30 heavy (non-hydrogen) atoms. The van der Waals surface area contributed by atoms with Gasteiger partial charge in [-0.15, -0.1) is 0 Å². The smallest absolute Gasteiger partial charge is 0.341 e. The molecule has 0 unspecified atom stereocenters. The number of carbonyl (C=O) groups is 2. The monoisotopic (exact) mass is 412 g/mol. The molecule has 1 aliphatic rings. The molecule has 3 rings (SSSR count). The van der Waals surface area contributed by atoms with Gasteiger partial charge in [0.2, 0.25) is 6.10 Å². The van der Waals surface area contributed by atoms with Crippen LogP contribution >= 0.6 is 0 Å². The largest absolute Gasteiger partial charge is 0.485 e. The van der Waals surface area contributed by atoms with Gasteiger partial charge in [-0.3, -0.25) is 4.79 Å². The van der Waals surface area contributed by atoms with Crippen molar-refractivity contribution in [3.05, 3.63) is 53.6 Å². The third-order valence-electron chi connectivity index (χ3n) is 4.41. The van der Waals surface area contributed by atoms with Gasteiger partial charge in [-0.05, 0) is 35.2 Å². The van der Waals surface area contributed by atoms with Crippen molar-refractivity contribution >= 4 is 18.1 Å². The van der Waals surface area contributed by atoms with E-state index in [0.29, 0.717) is 22.8 Å². The molecule has 158 valence electrons. The Balaban J connectivity index is 1.63. The first kappa shape index (κ1) is 21.2. The van der Waals surface area contributed by atoms with Crippen LogP contribution in [0.15, 0.2) is 47.6 Å². The number of fused-ring (bicyclic) bond motifs is 1. The Morgan fingerprint density at radius 2 is 2.00 bits per heavy atom. The second kappa shape index (κ2) is 8.86. The molecule has 0 radical (unpaired) electrons. The second-order valence-corrected chi connectivity index (χ2v) is 7.78. The Morgan fingerprint density at radius 1 is 1.23 bits per heavy atom. The maximum Gasteiger partial charge on any atom is 0.341 e. The van der Waals surface area contributed by atoms with E-state index >= 15 is 0 Å². The topological polar surface area (TPSA) is 106 Å². The molecular formula is C22H24N2O6. The van der Waals surface area contributed by atoms with Gasteiger partial charge in [-0.1, -0.05) is 39.0 Å². The van der Waals surface area contributed by atoms with E-state index in [-0.39, 0.29) is 12.0 Å². The number of hydrazone groups is 1. The van der Waals surface area contributed by atoms with Gasteiger partial charge in [0.05, 0.1) is 6.21 Å². The molecule has 8 heteroatoms. The van der Waals surface area contributed by atoms with Crippen molar-refractivity contribution in [3.63, 3.8) is 0 Å². The lowest BCUT2D eigenvalue weighted by Crippen LogP contribution is -2.42. The average Bonchev–Trinajstić information content (AvgIpc) is 2.71. The minimum absolute atomic E-state index is 0.0615. The summed E-state index contributed by atoms with van der Waals surface area (Å²) in [5.74, 6) is -0.0783. The zero-order valence-electron chi connectivity index (χ0n) is 17.0. The number of nitrogens with zero attached hydrogens (tertiary/aromatic N) is 1. The Bertz CT molecular complexity index is 964. The van der Waals surface area contributed by atoms with E-state index in [1.54, 1.807) is 24.3 Å². The van der Waals surface area contributed by atoms with E-state index in [1.165, 1.54) is 6.21 Å². The van der Waals surface area contributed by atoms with Crippen LogP contribution in [-0.4, -0.2) is 42.5 Å². The van der Waals surface area contributed by atoms with Crippen LogP contribution in [0.25, 0.3) is 0 Å². The fourth-order valence-corrected chi connectivity index (χ4v) is 2.76. The van der Waals surface area contributed by atoms with Crippen LogP contribution in [-0.2, 0) is 15.0 Å². The van der Waals surface area contributed by atoms with Crippen LogP contribution in [0.2, 0.25) is 0 Å². The lowest BCUT2D eigenvalue weighted by molar-refractivity contribution is -0.139. The van der Waals surface area contributed by atoms with E-state index in [2.05, 4.69) is 31.3 Å². The highest BCUT2D eigenvalue weighted by molar-refractivity contribution is 5.86. The van der Waals surface area contributed by atoms with Crippen LogP contribution in [0, 0.1) is 0 Å². The molecule has 0 spiro atoms. The van der Waals surface area contributed by atoms with Gasteiger partial charge in [-0.2, -0.15) is 5.10 Å². The molecule has 1 aliphatic heterocycles. The number of nitrogens with one attached hydrogen (secondary N) is 1. The highest BCUT2D eigenvalue weighted by Gasteiger charge is 2.28. The van der Waals surface area contributed by atoms with Crippen LogP contribution in [0.5, 0.6) is 17.2 Å². The van der Waals surface area contributed by atoms with E-state index in [0.717, 1.165) is 5.56 Å². The number of rotatable bonds is 6. The molecule has 8 nitrogen and oxygen atoms in total. The number of amides is 1. The predicted molar refractivity (Wildman–Crippen MR) is 110 cm³/mol. The van der Waals surface area contributed by atoms with Crippen molar-refractivity contribution in [1.29, 1.82) is 0 Å². The van der Waals surface area contributed by atoms with Crippen molar-refractivity contribution < 1.29 is 28.9 Å². The molecule has 1 atom stereocenters. The van der Waals surface area contributed by atoms with Crippen molar-refractivity contribution in [2.24, 2.45) is 5.10 Å². The van der Waals surface area contributed by atoms with Gasteiger partial charge in [0.25, 0.3) is 5.91 Å². The Kier molecular flexibility index (Phi) is 6.25. The first-order chi connectivity index (χ1) is 14.2. The van der Waals surface area contributed by atoms with E-state index in [9.17, 15) is 9.59 Å². The highest BCUT2D eigenvalue weighted by Crippen LogP contribution is 2.36. The minimum Gasteiger partial charge on any atom is -0.485 e. The summed E-state index contributed by atoms with van der Waals surface area (Å²) in [5, 5.41) is 12.7. The Hall–Kier alpha value is -3.55. The van der Waals surface area contributed by atoms with Crippen LogP contribution in [0.3, 0.4) is 0 Å². The number of hydrogen-bond acceptors (Lipinski definition) is 6. The minimum atomic E-state index is -1.08. The zero-order valence-corrected chi connectivity index (χ0v) is 17.0. The number of hydrogen-bond donors (Lipinski definition) is 2. The molecule has 2 aromatic rings. The molecule has 0 saturated heterocycles. The van der Waals surface area contributed by atoms with Crippen molar-refractivity contribution in [3.8, 4) is 17.2 Å². The van der Waals surface area contributed by atoms with Crippen LogP contribution in [0.1, 0.15) is 31.9 Å². The summed E-state index contributed by atoms with van der Waals surface area (Å²) in [4.78, 5) is 23.1. The summed E-state index contributed by atoms with van der Waals surface area (Å²) in [7, 11) is 0. The maximum atomic E-state index is 12.4. The number of benzene rings is 2. The summed E-state index contributed by atoms with van der Waals surface area (Å²) < 4.78 is 16.7. The predicted octanol–water partition coefficient (Wildman–Crippen LogP) is 2.74. The van der Waals surface area contributed by atoms with E-state index < -0.39 is 24.6 Å². The number of carboxylic acids is 1. The van der Waals surface area contributed by atoms with E-state index in [1.807, 2.05) is 18.2 Å². The summed E-state index contributed by atoms with van der Waals surface area (Å²) in [5.41, 5.74) is 3.96. The number of aliphatic carboxylic acids is 1. The van der Waals surface area contributed by atoms with Crippen molar-refractivity contribution in [2.45, 2.75) is 32.3 Å². The first-order valence-corrected chi connectivity index (χ1v) is 9.44. The molecule has 2 aromatic carbocycles. The molecular weight excluding hydrogens is 388 g/mol. The first-order valence-electron chi connectivity index (χ1n) is 9.44. The van der Waals surface area contributed by atoms with Crippen molar-refractivity contribution in [2.75, 3.05) is 13.2 Å². The Morgan fingerprint density at radius 3 is 2.73 bits per heavy atom. The summed E-state index contributed by atoms with van der Waals surface area (Å²) in [6, 6.07) is 12.5. The fraction of sp³-hybridized carbons (Fsp3) is 0.318. The summed E-state index contributed by atoms with van der Waals surface area (Å²) >= 11 is 0. The number of para-hydroxylation sites is 1. The van der Waals surface area contributed by atoms with Gasteiger partial charge >= 0.3 is 5.97 Å². The molecule has 1 heterocycles. The number of carboxylic acid groups (broad SMARTS) is 1. The van der Waals surface area contributed by atoms with Gasteiger partial charge in [0.1, 0.15) is 12.4 Å². The van der Waals surface area contributed by atoms with E-state index in [4.69, 9.17) is 19.3 Å². The molecule has 0 fully saturated rings. The standard InChI is InChI=1S/C22H24N2O6/c1-22(2,3)15-8-9-17-18(10-15)30-19(12-28-17)21(27)24-23-11-14-6-4-5-7-16(14)29-13-20(25)26/h4-11,19H,12-13H2,1-3H3,(H,24,27)(H,25,26)/b23-11-/t19-/m1/s1. The van der Waals surface area contributed by atoms with Gasteiger partial charge in [-0.25, -0.2) is 10.2 Å². The lowest BCUT2D eigenvalue weighted by Gasteiger charge is -2.27. The third-order valence-corrected chi connectivity index (χ3v) is 4.41. The molecule has 0 aromatic heterocycles. The average molecular weight is 412 g/mol. The molecule has 0 aliphatic carbocycles. The molecule has 2 N–H and O–H groups in total. The van der Waals surface area contributed by atoms with Gasteiger partial charge in [0, 0.05) is 5.56 Å². The van der Waals surface area contributed by atoms with Crippen LogP contribution < -0.4 is 19.6 Å². The molecule has 0 bridgehead atoms. The lowest BCUT2D eigenvalue weighted by atomic mass is 9.87. The number of carbonyl (C=O) groups excluding carboxylic acids is 1. The molecule has 1 amide bonds. The maximum absolute atomic E-state index is 12.4. The highest BCUT2D eigenvalue weighted by atomic mass is 16.6. The zero-order chi connectivity index (χ0) is 21.7. The quantitative estimate of drug-likeness (QED) is 0.558. The molecule has 0 saturated carbocycles. The fourth-order valence-electron chi connectivity index (χ4n) is 2.76. The van der Waals surface area contributed by atoms with Gasteiger partial charge in [0.15, 0.2) is 18.1 Å². The number of ether oxygens (including phenoxy) is 3. The van der Waals surface area contributed by atoms with Crippen LogP contribution in [0.4, 0.5) is 0 Å². The van der Waals surface area contributed by atoms with Crippen molar-refractivity contribution in [1.82, 2.24) is 5.43 Å². The van der Waals surface area contributed by atoms with Gasteiger partial charge < -0.3 is 19.3 Å². The normalized spacial score (nSPS) is 15.6.